The van der Waals surface area contributed by atoms with Crippen LogP contribution in [0.4, 0.5) is 0 Å². The molecular formula is C8H16N2OS. The first-order valence-electron chi connectivity index (χ1n) is 4.40. The molecule has 1 fully saturated rings. The van der Waals surface area contributed by atoms with E-state index in [0.29, 0.717) is 6.54 Å². The molecule has 1 atom stereocenters. The fraction of sp³-hybridized carbons (Fsp3) is 0.875. The van der Waals surface area contributed by atoms with Gasteiger partial charge in [0.05, 0.1) is 0 Å². The fourth-order valence-electron chi connectivity index (χ4n) is 1.20. The fourth-order valence-corrected chi connectivity index (χ4v) is 2.42. The summed E-state index contributed by atoms with van der Waals surface area (Å²) in [6, 6.07) is 0. The third-order valence-electron chi connectivity index (χ3n) is 1.98. The second kappa shape index (κ2) is 5.43. The van der Waals surface area contributed by atoms with E-state index in [1.807, 2.05) is 11.8 Å². The van der Waals surface area contributed by atoms with Gasteiger partial charge in [-0.15, -0.1) is 0 Å². The van der Waals surface area contributed by atoms with Crippen molar-refractivity contribution in [2.75, 3.05) is 24.6 Å². The maximum absolute atomic E-state index is 11.4. The SMILES string of the molecule is NCCCNC(=O)C1CCSC1. The summed E-state index contributed by atoms with van der Waals surface area (Å²) in [5, 5.41) is 2.89. The largest absolute Gasteiger partial charge is 0.356 e. The van der Waals surface area contributed by atoms with Crippen molar-refractivity contribution in [1.82, 2.24) is 5.32 Å². The zero-order chi connectivity index (χ0) is 8.81. The van der Waals surface area contributed by atoms with Crippen LogP contribution < -0.4 is 11.1 Å². The molecule has 0 aromatic heterocycles. The van der Waals surface area contributed by atoms with Crippen molar-refractivity contribution in [1.29, 1.82) is 0 Å². The number of carbonyl (C=O) groups is 1. The van der Waals surface area contributed by atoms with Gasteiger partial charge in [0.25, 0.3) is 0 Å². The molecule has 3 nitrogen and oxygen atoms in total. The first-order chi connectivity index (χ1) is 5.84. The molecule has 0 saturated carbocycles. The Labute approximate surface area is 77.5 Å². The summed E-state index contributed by atoms with van der Waals surface area (Å²) >= 11 is 1.86. The Morgan fingerprint density at radius 1 is 1.67 bits per heavy atom. The van der Waals surface area contributed by atoms with Crippen LogP contribution in [-0.4, -0.2) is 30.5 Å². The minimum Gasteiger partial charge on any atom is -0.356 e. The maximum atomic E-state index is 11.4. The highest BCUT2D eigenvalue weighted by molar-refractivity contribution is 7.99. The number of amides is 1. The summed E-state index contributed by atoms with van der Waals surface area (Å²) in [6.07, 6.45) is 1.92. The molecule has 1 saturated heterocycles. The average Bonchev–Trinajstić information content (AvgIpc) is 2.56. The molecule has 3 N–H and O–H groups in total. The van der Waals surface area contributed by atoms with Gasteiger partial charge < -0.3 is 11.1 Å². The van der Waals surface area contributed by atoms with Crippen LogP contribution in [-0.2, 0) is 4.79 Å². The van der Waals surface area contributed by atoms with E-state index in [-0.39, 0.29) is 11.8 Å². The van der Waals surface area contributed by atoms with E-state index in [1.165, 1.54) is 0 Å². The molecule has 1 heterocycles. The van der Waals surface area contributed by atoms with Crippen LogP contribution in [0, 0.1) is 5.92 Å². The van der Waals surface area contributed by atoms with Gasteiger partial charge in [-0.25, -0.2) is 0 Å². The van der Waals surface area contributed by atoms with Crippen LogP contribution >= 0.6 is 11.8 Å². The van der Waals surface area contributed by atoms with Crippen LogP contribution in [0.25, 0.3) is 0 Å². The predicted molar refractivity (Wildman–Crippen MR) is 52.1 cm³/mol. The summed E-state index contributed by atoms with van der Waals surface area (Å²) in [5.41, 5.74) is 5.31. The van der Waals surface area contributed by atoms with Gasteiger partial charge in [0, 0.05) is 18.2 Å². The maximum Gasteiger partial charge on any atom is 0.223 e. The van der Waals surface area contributed by atoms with E-state index in [9.17, 15) is 4.79 Å². The molecule has 1 aliphatic rings. The molecular weight excluding hydrogens is 172 g/mol. The van der Waals surface area contributed by atoms with E-state index >= 15 is 0 Å². The van der Waals surface area contributed by atoms with Crippen LogP contribution in [0.2, 0.25) is 0 Å². The van der Waals surface area contributed by atoms with Crippen LogP contribution in [0.15, 0.2) is 0 Å². The lowest BCUT2D eigenvalue weighted by molar-refractivity contribution is -0.124. The van der Waals surface area contributed by atoms with Crippen LogP contribution in [0.1, 0.15) is 12.8 Å². The average molecular weight is 188 g/mol. The van der Waals surface area contributed by atoms with Gasteiger partial charge in [-0.2, -0.15) is 11.8 Å². The summed E-state index contributed by atoms with van der Waals surface area (Å²) in [4.78, 5) is 11.4. The minimum atomic E-state index is 0.216. The third kappa shape index (κ3) is 3.03. The van der Waals surface area contributed by atoms with Gasteiger partial charge in [0.2, 0.25) is 5.91 Å². The highest BCUT2D eigenvalue weighted by atomic mass is 32.2. The van der Waals surface area contributed by atoms with Gasteiger partial charge >= 0.3 is 0 Å². The van der Waals surface area contributed by atoms with E-state index < -0.39 is 0 Å². The molecule has 70 valence electrons. The Balaban J connectivity index is 2.10. The highest BCUT2D eigenvalue weighted by Gasteiger charge is 2.22. The number of carbonyl (C=O) groups excluding carboxylic acids is 1. The number of rotatable bonds is 4. The van der Waals surface area contributed by atoms with Crippen LogP contribution in [0.3, 0.4) is 0 Å². The summed E-state index contributed by atoms with van der Waals surface area (Å²) < 4.78 is 0. The van der Waals surface area contributed by atoms with Crippen molar-refractivity contribution in [2.24, 2.45) is 11.7 Å². The van der Waals surface area contributed by atoms with E-state index in [4.69, 9.17) is 5.73 Å². The van der Waals surface area contributed by atoms with Gasteiger partial charge in [-0.1, -0.05) is 0 Å². The van der Waals surface area contributed by atoms with Gasteiger partial charge in [-0.3, -0.25) is 4.79 Å². The summed E-state index contributed by atoms with van der Waals surface area (Å²) in [7, 11) is 0. The molecule has 0 aromatic carbocycles. The molecule has 12 heavy (non-hydrogen) atoms. The first kappa shape index (κ1) is 9.86. The number of hydrogen-bond donors (Lipinski definition) is 2. The zero-order valence-electron chi connectivity index (χ0n) is 7.21. The molecule has 0 aromatic rings. The predicted octanol–water partition coefficient (Wildman–Crippen LogP) is 0.204. The summed E-state index contributed by atoms with van der Waals surface area (Å²) in [5.74, 6) is 2.60. The molecule has 1 rings (SSSR count). The minimum absolute atomic E-state index is 0.216. The Morgan fingerprint density at radius 2 is 2.50 bits per heavy atom. The van der Waals surface area contributed by atoms with Crippen molar-refractivity contribution in [2.45, 2.75) is 12.8 Å². The molecule has 1 amide bonds. The smallest absolute Gasteiger partial charge is 0.223 e. The third-order valence-corrected chi connectivity index (χ3v) is 3.14. The lowest BCUT2D eigenvalue weighted by Gasteiger charge is -2.08. The van der Waals surface area contributed by atoms with Crippen LogP contribution in [0.5, 0.6) is 0 Å². The molecule has 0 aliphatic carbocycles. The molecule has 0 spiro atoms. The number of nitrogens with two attached hydrogens (primary N) is 1. The van der Waals surface area contributed by atoms with Crippen molar-refractivity contribution < 1.29 is 4.79 Å². The van der Waals surface area contributed by atoms with Crippen molar-refractivity contribution in [3.8, 4) is 0 Å². The number of hydrogen-bond acceptors (Lipinski definition) is 3. The van der Waals surface area contributed by atoms with Crippen molar-refractivity contribution >= 4 is 17.7 Å². The number of thioether (sulfide) groups is 1. The van der Waals surface area contributed by atoms with E-state index in [1.54, 1.807) is 0 Å². The Morgan fingerprint density at radius 3 is 3.08 bits per heavy atom. The van der Waals surface area contributed by atoms with Gasteiger partial charge in [0.15, 0.2) is 0 Å². The van der Waals surface area contributed by atoms with E-state index in [0.717, 1.165) is 30.9 Å². The Bertz CT molecular complexity index is 146. The molecule has 0 bridgehead atoms. The standard InChI is InChI=1S/C8H16N2OS/c9-3-1-4-10-8(11)7-2-5-12-6-7/h7H,1-6,9H2,(H,10,11). The number of nitrogens with one attached hydrogen (secondary N) is 1. The molecule has 1 aliphatic heterocycles. The monoisotopic (exact) mass is 188 g/mol. The quantitative estimate of drug-likeness (QED) is 0.620. The molecule has 0 radical (unpaired) electrons. The zero-order valence-corrected chi connectivity index (χ0v) is 8.03. The summed E-state index contributed by atoms with van der Waals surface area (Å²) in [6.45, 7) is 1.39. The Kier molecular flexibility index (Phi) is 4.46. The molecule has 1 unspecified atom stereocenters. The normalized spacial score (nSPS) is 22.6. The second-order valence-electron chi connectivity index (χ2n) is 2.99. The lowest BCUT2D eigenvalue weighted by Crippen LogP contribution is -2.32. The van der Waals surface area contributed by atoms with E-state index in [2.05, 4.69) is 5.32 Å². The topological polar surface area (TPSA) is 55.1 Å². The Hall–Kier alpha value is -0.220. The highest BCUT2D eigenvalue weighted by Crippen LogP contribution is 2.23. The first-order valence-corrected chi connectivity index (χ1v) is 5.55. The second-order valence-corrected chi connectivity index (χ2v) is 4.14. The van der Waals surface area contributed by atoms with Gasteiger partial charge in [0.1, 0.15) is 0 Å². The molecule has 4 heteroatoms. The van der Waals surface area contributed by atoms with Gasteiger partial charge in [-0.05, 0) is 25.1 Å². The lowest BCUT2D eigenvalue weighted by atomic mass is 10.1. The van der Waals surface area contributed by atoms with Crippen molar-refractivity contribution in [3.05, 3.63) is 0 Å². The van der Waals surface area contributed by atoms with Crippen molar-refractivity contribution in [3.63, 3.8) is 0 Å².